The monoisotopic (exact) mass is 255 g/mol. The van der Waals surface area contributed by atoms with Crippen LogP contribution in [0.25, 0.3) is 21.9 Å². The molecule has 0 amide bonds. The zero-order chi connectivity index (χ0) is 12.5. The largest absolute Gasteiger partial charge is 0.477 e. The van der Waals surface area contributed by atoms with Crippen molar-refractivity contribution < 1.29 is 9.90 Å². The fourth-order valence-corrected chi connectivity index (χ4v) is 2.79. The number of carboxylic acid groups (broad SMARTS) is 1. The summed E-state index contributed by atoms with van der Waals surface area (Å²) in [4.78, 5) is 15.6. The fourth-order valence-electron chi connectivity index (χ4n) is 2.04. The highest BCUT2D eigenvalue weighted by Gasteiger charge is 2.14. The maximum absolute atomic E-state index is 11.2. The van der Waals surface area contributed by atoms with Crippen molar-refractivity contribution in [2.45, 2.75) is 0 Å². The van der Waals surface area contributed by atoms with Crippen molar-refractivity contribution in [2.24, 2.45) is 0 Å². The third-order valence-corrected chi connectivity index (χ3v) is 3.73. The zero-order valence-electron chi connectivity index (χ0n) is 9.33. The molecule has 0 radical (unpaired) electrons. The molecular formula is C14H9NO2S. The Morgan fingerprint density at radius 1 is 1.17 bits per heavy atom. The van der Waals surface area contributed by atoms with Gasteiger partial charge >= 0.3 is 5.97 Å². The van der Waals surface area contributed by atoms with E-state index in [0.717, 1.165) is 21.9 Å². The van der Waals surface area contributed by atoms with Crippen LogP contribution < -0.4 is 0 Å². The van der Waals surface area contributed by atoms with Gasteiger partial charge in [-0.3, -0.25) is 4.98 Å². The van der Waals surface area contributed by atoms with Gasteiger partial charge in [-0.2, -0.15) is 0 Å². The Balaban J connectivity index is 2.32. The molecule has 0 aliphatic rings. The lowest BCUT2D eigenvalue weighted by Crippen LogP contribution is -1.94. The molecule has 1 N–H and O–H groups in total. The van der Waals surface area contributed by atoms with Gasteiger partial charge in [-0.25, -0.2) is 4.79 Å². The predicted octanol–water partition coefficient (Wildman–Crippen LogP) is 3.66. The molecular weight excluding hydrogens is 246 g/mol. The Hall–Kier alpha value is -2.20. The van der Waals surface area contributed by atoms with Crippen molar-refractivity contribution in [2.75, 3.05) is 0 Å². The van der Waals surface area contributed by atoms with Gasteiger partial charge < -0.3 is 5.11 Å². The summed E-state index contributed by atoms with van der Waals surface area (Å²) in [6, 6.07) is 9.59. The molecule has 2 heterocycles. The van der Waals surface area contributed by atoms with Crippen molar-refractivity contribution in [3.63, 3.8) is 0 Å². The Labute approximate surface area is 107 Å². The van der Waals surface area contributed by atoms with Crippen molar-refractivity contribution in [1.29, 1.82) is 0 Å². The Morgan fingerprint density at radius 3 is 2.89 bits per heavy atom. The van der Waals surface area contributed by atoms with Crippen LogP contribution in [0.3, 0.4) is 0 Å². The van der Waals surface area contributed by atoms with Gasteiger partial charge in [0.1, 0.15) is 4.88 Å². The number of nitrogens with zero attached hydrogens (tertiary/aromatic N) is 1. The van der Waals surface area contributed by atoms with Gasteiger partial charge in [0.15, 0.2) is 0 Å². The van der Waals surface area contributed by atoms with Gasteiger partial charge in [0, 0.05) is 23.3 Å². The van der Waals surface area contributed by atoms with E-state index in [0.29, 0.717) is 4.88 Å². The summed E-state index contributed by atoms with van der Waals surface area (Å²) in [7, 11) is 0. The third kappa shape index (κ3) is 1.67. The second-order valence-corrected chi connectivity index (χ2v) is 4.79. The molecule has 0 spiro atoms. The van der Waals surface area contributed by atoms with Gasteiger partial charge in [0.25, 0.3) is 0 Å². The topological polar surface area (TPSA) is 50.2 Å². The lowest BCUT2D eigenvalue weighted by molar-refractivity contribution is 0.0703. The summed E-state index contributed by atoms with van der Waals surface area (Å²) in [5.41, 5.74) is 1.71. The SMILES string of the molecule is O=C(O)c1sccc1-c1cccc2cnccc12. The average molecular weight is 255 g/mol. The number of rotatable bonds is 2. The summed E-state index contributed by atoms with van der Waals surface area (Å²) in [6.45, 7) is 0. The molecule has 0 fully saturated rings. The van der Waals surface area contributed by atoms with E-state index < -0.39 is 5.97 Å². The van der Waals surface area contributed by atoms with E-state index in [9.17, 15) is 9.90 Å². The lowest BCUT2D eigenvalue weighted by Gasteiger charge is -2.05. The van der Waals surface area contributed by atoms with Crippen molar-refractivity contribution in [3.8, 4) is 11.1 Å². The van der Waals surface area contributed by atoms with Crippen LogP contribution in [-0.4, -0.2) is 16.1 Å². The number of hydrogen-bond donors (Lipinski definition) is 1. The quantitative estimate of drug-likeness (QED) is 0.760. The number of carboxylic acids is 1. The van der Waals surface area contributed by atoms with E-state index in [1.165, 1.54) is 11.3 Å². The van der Waals surface area contributed by atoms with Gasteiger partial charge in [0.05, 0.1) is 0 Å². The second-order valence-electron chi connectivity index (χ2n) is 3.87. The minimum atomic E-state index is -0.883. The average Bonchev–Trinajstić information content (AvgIpc) is 2.87. The first-order valence-corrected chi connectivity index (χ1v) is 6.29. The molecule has 2 aromatic heterocycles. The van der Waals surface area contributed by atoms with Crippen LogP contribution in [0.2, 0.25) is 0 Å². The molecule has 0 unspecified atom stereocenters. The Morgan fingerprint density at radius 2 is 2.06 bits per heavy atom. The predicted molar refractivity (Wildman–Crippen MR) is 72.0 cm³/mol. The maximum atomic E-state index is 11.2. The number of aromatic carboxylic acids is 1. The number of carbonyl (C=O) groups is 1. The number of benzene rings is 1. The molecule has 1 aromatic carbocycles. The maximum Gasteiger partial charge on any atom is 0.346 e. The van der Waals surface area contributed by atoms with E-state index >= 15 is 0 Å². The number of hydrogen-bond acceptors (Lipinski definition) is 3. The van der Waals surface area contributed by atoms with Gasteiger partial charge in [-0.15, -0.1) is 11.3 Å². The Bertz CT molecular complexity index is 728. The first-order valence-electron chi connectivity index (χ1n) is 5.41. The molecule has 3 nitrogen and oxygen atoms in total. The van der Waals surface area contributed by atoms with E-state index in [4.69, 9.17) is 0 Å². The first-order chi connectivity index (χ1) is 8.77. The second kappa shape index (κ2) is 4.23. The molecule has 3 aromatic rings. The van der Waals surface area contributed by atoms with Crippen molar-refractivity contribution in [3.05, 3.63) is 53.0 Å². The number of aromatic nitrogens is 1. The molecule has 0 saturated carbocycles. The fraction of sp³-hybridized carbons (Fsp3) is 0. The molecule has 0 aliphatic heterocycles. The lowest BCUT2D eigenvalue weighted by atomic mass is 10.00. The number of fused-ring (bicyclic) bond motifs is 1. The molecule has 3 rings (SSSR count). The van der Waals surface area contributed by atoms with E-state index in [-0.39, 0.29) is 0 Å². The summed E-state index contributed by atoms with van der Waals surface area (Å²) in [5, 5.41) is 13.0. The van der Waals surface area contributed by atoms with Crippen molar-refractivity contribution >= 4 is 28.1 Å². The Kier molecular flexibility index (Phi) is 2.57. The van der Waals surface area contributed by atoms with Gasteiger partial charge in [0.2, 0.25) is 0 Å². The molecule has 0 atom stereocenters. The van der Waals surface area contributed by atoms with E-state index in [1.807, 2.05) is 30.3 Å². The smallest absolute Gasteiger partial charge is 0.346 e. The zero-order valence-corrected chi connectivity index (χ0v) is 10.1. The van der Waals surface area contributed by atoms with Crippen LogP contribution in [0, 0.1) is 0 Å². The summed E-state index contributed by atoms with van der Waals surface area (Å²) >= 11 is 1.25. The molecule has 4 heteroatoms. The van der Waals surface area contributed by atoms with Crippen LogP contribution >= 0.6 is 11.3 Å². The van der Waals surface area contributed by atoms with E-state index in [2.05, 4.69) is 4.98 Å². The number of pyridine rings is 1. The molecule has 0 bridgehead atoms. The molecule has 0 aliphatic carbocycles. The molecule has 88 valence electrons. The van der Waals surface area contributed by atoms with Gasteiger partial charge in [-0.1, -0.05) is 18.2 Å². The summed E-state index contributed by atoms with van der Waals surface area (Å²) < 4.78 is 0. The van der Waals surface area contributed by atoms with Gasteiger partial charge in [-0.05, 0) is 28.5 Å². The minimum Gasteiger partial charge on any atom is -0.477 e. The van der Waals surface area contributed by atoms with Crippen molar-refractivity contribution in [1.82, 2.24) is 4.98 Å². The van der Waals surface area contributed by atoms with Crippen LogP contribution in [-0.2, 0) is 0 Å². The summed E-state index contributed by atoms with van der Waals surface area (Å²) in [5.74, 6) is -0.883. The number of thiophene rings is 1. The highest BCUT2D eigenvalue weighted by atomic mass is 32.1. The van der Waals surface area contributed by atoms with Crippen LogP contribution in [0.4, 0.5) is 0 Å². The molecule has 0 saturated heterocycles. The summed E-state index contributed by atoms with van der Waals surface area (Å²) in [6.07, 6.45) is 3.50. The van der Waals surface area contributed by atoms with E-state index in [1.54, 1.807) is 17.8 Å². The van der Waals surface area contributed by atoms with Crippen LogP contribution in [0.15, 0.2) is 48.1 Å². The highest BCUT2D eigenvalue weighted by molar-refractivity contribution is 7.12. The molecule has 18 heavy (non-hydrogen) atoms. The minimum absolute atomic E-state index is 0.374. The normalized spacial score (nSPS) is 10.7. The third-order valence-electron chi connectivity index (χ3n) is 2.83. The van der Waals surface area contributed by atoms with Crippen LogP contribution in [0.5, 0.6) is 0 Å². The van der Waals surface area contributed by atoms with Crippen LogP contribution in [0.1, 0.15) is 9.67 Å². The first kappa shape index (κ1) is 10.9. The standard InChI is InChI=1S/C14H9NO2S/c16-14(17)13-12(5-7-18-13)11-3-1-2-9-8-15-6-4-10(9)11/h1-8H,(H,16,17). The highest BCUT2D eigenvalue weighted by Crippen LogP contribution is 2.33.